The third kappa shape index (κ3) is 6.41. The van der Waals surface area contributed by atoms with Gasteiger partial charge in [0.25, 0.3) is 0 Å². The lowest BCUT2D eigenvalue weighted by Crippen LogP contribution is -2.25. The smallest absolute Gasteiger partial charge is 0.209 e. The number of nitrogens with one attached hydrogen (secondary N) is 3. The van der Waals surface area contributed by atoms with E-state index in [0.29, 0.717) is 34.8 Å². The van der Waals surface area contributed by atoms with Crippen LogP contribution in [0.3, 0.4) is 0 Å². The van der Waals surface area contributed by atoms with E-state index in [1.807, 2.05) is 18.2 Å². The lowest BCUT2D eigenvalue weighted by Gasteiger charge is -2.15. The number of aromatic amines is 2. The van der Waals surface area contributed by atoms with Gasteiger partial charge in [-0.15, -0.1) is 0 Å². The van der Waals surface area contributed by atoms with E-state index in [9.17, 15) is 12.8 Å². The number of likely N-dealkylation sites (tertiary alicyclic amines) is 1. The molecule has 13 heteroatoms. The zero-order valence-electron chi connectivity index (χ0n) is 24.5. The molecule has 0 spiro atoms. The number of sulfonamides is 1. The first kappa shape index (κ1) is 29.0. The van der Waals surface area contributed by atoms with Gasteiger partial charge in [-0.2, -0.15) is 5.10 Å². The molecule has 6 heterocycles. The van der Waals surface area contributed by atoms with Crippen LogP contribution in [0.15, 0.2) is 67.3 Å². The summed E-state index contributed by atoms with van der Waals surface area (Å²) in [7, 11) is -3.43. The summed E-state index contributed by atoms with van der Waals surface area (Å²) in [5.41, 5.74) is 6.23. The predicted octanol–water partition coefficient (Wildman–Crippen LogP) is 4.89. The van der Waals surface area contributed by atoms with Crippen molar-refractivity contribution >= 4 is 32.1 Å². The minimum Gasteiger partial charge on any atom is -0.491 e. The van der Waals surface area contributed by atoms with Crippen LogP contribution in [0.4, 0.5) is 4.39 Å². The lowest BCUT2D eigenvalue weighted by atomic mass is 10.0. The maximum atomic E-state index is 14.6. The first-order valence-corrected chi connectivity index (χ1v) is 16.6. The summed E-state index contributed by atoms with van der Waals surface area (Å²) in [4.78, 5) is 19.2. The second-order valence-corrected chi connectivity index (χ2v) is 13.1. The third-order valence-electron chi connectivity index (χ3n) is 7.94. The second kappa shape index (κ2) is 12.0. The van der Waals surface area contributed by atoms with Crippen LogP contribution in [-0.4, -0.2) is 75.9 Å². The minimum absolute atomic E-state index is 0.0190. The van der Waals surface area contributed by atoms with E-state index in [4.69, 9.17) is 4.74 Å². The average Bonchev–Trinajstić information content (AvgIpc) is 3.79. The Kier molecular flexibility index (Phi) is 7.73. The monoisotopic (exact) mass is 626 g/mol. The predicted molar refractivity (Wildman–Crippen MR) is 170 cm³/mol. The highest BCUT2D eigenvalue weighted by Crippen LogP contribution is 2.35. The quantitative estimate of drug-likeness (QED) is 0.195. The molecular formula is C32H31FN8O3S. The van der Waals surface area contributed by atoms with E-state index < -0.39 is 15.8 Å². The Morgan fingerprint density at radius 1 is 0.978 bits per heavy atom. The van der Waals surface area contributed by atoms with E-state index in [1.165, 1.54) is 25.0 Å². The molecule has 1 fully saturated rings. The van der Waals surface area contributed by atoms with Crippen molar-refractivity contribution in [1.82, 2.24) is 39.8 Å². The summed E-state index contributed by atoms with van der Waals surface area (Å²) >= 11 is 0. The summed E-state index contributed by atoms with van der Waals surface area (Å²) in [6, 6.07) is 12.2. The highest BCUT2D eigenvalue weighted by atomic mass is 32.2. The fourth-order valence-corrected chi connectivity index (χ4v) is 6.18. The highest BCUT2D eigenvalue weighted by molar-refractivity contribution is 7.88. The fourth-order valence-electron chi connectivity index (χ4n) is 5.75. The molecule has 1 aliphatic heterocycles. The van der Waals surface area contributed by atoms with Crippen LogP contribution in [0.5, 0.6) is 5.75 Å². The molecule has 0 amide bonds. The molecule has 3 N–H and O–H groups in total. The van der Waals surface area contributed by atoms with Crippen molar-refractivity contribution in [3.8, 4) is 39.4 Å². The van der Waals surface area contributed by atoms with Gasteiger partial charge in [0, 0.05) is 53.6 Å². The minimum atomic E-state index is -3.43. The maximum Gasteiger partial charge on any atom is 0.209 e. The molecule has 0 bridgehead atoms. The highest BCUT2D eigenvalue weighted by Gasteiger charge is 2.17. The molecule has 0 atom stereocenters. The SMILES string of the molecule is CS(=O)(=O)NCc1cc(F)cc(-c2ccnc3[nH]c(-c4[nH]nc5ncc(-c6cncc(OCCN7CCCC7)c6)cc45)cc23)c1. The van der Waals surface area contributed by atoms with Crippen molar-refractivity contribution in [3.05, 3.63) is 78.6 Å². The van der Waals surface area contributed by atoms with E-state index >= 15 is 0 Å². The normalized spacial score (nSPS) is 14.1. The number of halogens is 1. The molecule has 0 aliphatic carbocycles. The number of hydrogen-bond acceptors (Lipinski definition) is 8. The van der Waals surface area contributed by atoms with Crippen molar-refractivity contribution in [2.24, 2.45) is 0 Å². The Labute approximate surface area is 258 Å². The van der Waals surface area contributed by atoms with Crippen LogP contribution in [0, 0.1) is 5.82 Å². The molecule has 11 nitrogen and oxygen atoms in total. The van der Waals surface area contributed by atoms with Crippen molar-refractivity contribution in [3.63, 3.8) is 0 Å². The molecule has 0 radical (unpaired) electrons. The first-order chi connectivity index (χ1) is 21.8. The van der Waals surface area contributed by atoms with E-state index in [2.05, 4.69) is 39.8 Å². The maximum absolute atomic E-state index is 14.6. The molecular weight excluding hydrogens is 595 g/mol. The third-order valence-corrected chi connectivity index (χ3v) is 8.61. The number of ether oxygens (including phenoxy) is 1. The van der Waals surface area contributed by atoms with Gasteiger partial charge in [-0.25, -0.2) is 27.5 Å². The van der Waals surface area contributed by atoms with E-state index in [1.54, 1.807) is 36.9 Å². The molecule has 1 saturated heterocycles. The summed E-state index contributed by atoms with van der Waals surface area (Å²) in [5, 5.41) is 9.09. The molecule has 0 saturated carbocycles. The standard InChI is InChI=1S/C32H31FN8O3S/c1-45(42,43)37-16-20-10-21(12-24(33)11-20)26-4-5-35-31-27(26)15-29(38-31)30-28-14-23(18-36-32(28)40-39-30)22-13-25(19-34-17-22)44-9-8-41-6-2-3-7-41/h4-5,10-15,17-19,37H,2-3,6-9,16H2,1H3,(H,35,38)(H,36,39,40). The van der Waals surface area contributed by atoms with Crippen LogP contribution in [-0.2, 0) is 16.6 Å². The Bertz CT molecular complexity index is 2120. The number of rotatable bonds is 10. The van der Waals surface area contributed by atoms with E-state index in [-0.39, 0.29) is 6.54 Å². The van der Waals surface area contributed by atoms with Gasteiger partial charge in [-0.3, -0.25) is 15.0 Å². The zero-order chi connectivity index (χ0) is 31.0. The van der Waals surface area contributed by atoms with Crippen LogP contribution < -0.4 is 9.46 Å². The number of nitrogens with zero attached hydrogens (tertiary/aromatic N) is 5. The first-order valence-electron chi connectivity index (χ1n) is 14.7. The topological polar surface area (TPSA) is 142 Å². The number of hydrogen-bond donors (Lipinski definition) is 3. The van der Waals surface area contributed by atoms with Gasteiger partial charge in [0.2, 0.25) is 10.0 Å². The van der Waals surface area contributed by atoms with Crippen LogP contribution in [0.25, 0.3) is 55.7 Å². The summed E-state index contributed by atoms with van der Waals surface area (Å²) in [6.07, 6.45) is 10.5. The Morgan fingerprint density at radius 2 is 1.82 bits per heavy atom. The average molecular weight is 627 g/mol. The van der Waals surface area contributed by atoms with Gasteiger partial charge in [0.15, 0.2) is 5.65 Å². The van der Waals surface area contributed by atoms with Gasteiger partial charge >= 0.3 is 0 Å². The van der Waals surface area contributed by atoms with Gasteiger partial charge in [0.05, 0.1) is 23.8 Å². The number of fused-ring (bicyclic) bond motifs is 2. The molecule has 7 rings (SSSR count). The Morgan fingerprint density at radius 3 is 2.67 bits per heavy atom. The van der Waals surface area contributed by atoms with Gasteiger partial charge in [0.1, 0.15) is 23.8 Å². The Hall–Kier alpha value is -4.72. The molecule has 1 aromatic carbocycles. The number of H-pyrrole nitrogens is 2. The van der Waals surface area contributed by atoms with Crippen molar-refractivity contribution in [1.29, 1.82) is 0 Å². The van der Waals surface area contributed by atoms with Crippen LogP contribution >= 0.6 is 0 Å². The van der Waals surface area contributed by atoms with Gasteiger partial charge in [-0.1, -0.05) is 0 Å². The molecule has 1 aliphatic rings. The fraction of sp³-hybridized carbons (Fsp3) is 0.250. The lowest BCUT2D eigenvalue weighted by molar-refractivity contribution is 0.237. The van der Waals surface area contributed by atoms with Crippen LogP contribution in [0.1, 0.15) is 18.4 Å². The summed E-state index contributed by atoms with van der Waals surface area (Å²) in [6.45, 7) is 3.75. The largest absolute Gasteiger partial charge is 0.491 e. The molecule has 0 unspecified atom stereocenters. The molecule has 45 heavy (non-hydrogen) atoms. The van der Waals surface area contributed by atoms with Crippen LogP contribution in [0.2, 0.25) is 0 Å². The second-order valence-electron chi connectivity index (χ2n) is 11.2. The molecule has 5 aromatic heterocycles. The molecule has 230 valence electrons. The molecule has 6 aromatic rings. The van der Waals surface area contributed by atoms with Gasteiger partial charge in [-0.05, 0) is 85.1 Å². The van der Waals surface area contributed by atoms with Crippen molar-refractivity contribution in [2.45, 2.75) is 19.4 Å². The Balaban J connectivity index is 1.19. The number of benzene rings is 1. The zero-order valence-corrected chi connectivity index (χ0v) is 25.4. The summed E-state index contributed by atoms with van der Waals surface area (Å²) in [5.74, 6) is 0.244. The number of aromatic nitrogens is 6. The van der Waals surface area contributed by atoms with Gasteiger partial charge < -0.3 is 9.72 Å². The number of pyridine rings is 3. The summed E-state index contributed by atoms with van der Waals surface area (Å²) < 4.78 is 46.2. The van der Waals surface area contributed by atoms with E-state index in [0.717, 1.165) is 64.7 Å². The van der Waals surface area contributed by atoms with Crippen molar-refractivity contribution < 1.29 is 17.5 Å². The van der Waals surface area contributed by atoms with Crippen molar-refractivity contribution in [2.75, 3.05) is 32.5 Å².